The molecule has 0 aromatic heterocycles. The summed E-state index contributed by atoms with van der Waals surface area (Å²) in [5.41, 5.74) is 3.99. The Labute approximate surface area is 369 Å². The lowest BCUT2D eigenvalue weighted by Crippen LogP contribution is -2.36. The number of phenolic OH excluding ortho intramolecular Hbond substituents is 2. The van der Waals surface area contributed by atoms with Gasteiger partial charge in [-0.3, -0.25) is 29.0 Å². The van der Waals surface area contributed by atoms with Crippen LogP contribution < -0.4 is 0 Å². The van der Waals surface area contributed by atoms with Gasteiger partial charge in [-0.25, -0.2) is 0 Å². The van der Waals surface area contributed by atoms with E-state index in [4.69, 9.17) is 4.74 Å². The molecular formula is C50H30N8O7. The summed E-state index contributed by atoms with van der Waals surface area (Å²) in [6.07, 6.45) is 10.1. The predicted molar refractivity (Wildman–Crippen MR) is 239 cm³/mol. The zero-order valence-electron chi connectivity index (χ0n) is 34.2. The highest BCUT2D eigenvalue weighted by Gasteiger charge is 2.33. The second-order valence-corrected chi connectivity index (χ2v) is 14.9. The lowest BCUT2D eigenvalue weighted by atomic mass is 9.93. The quantitative estimate of drug-likeness (QED) is 0.0843. The number of azo groups is 2. The normalized spacial score (nSPS) is 14.8. The molecule has 15 nitrogen and oxygen atoms in total. The summed E-state index contributed by atoms with van der Waals surface area (Å²) in [5, 5.41) is 59.8. The monoisotopic (exact) mass is 854 g/mol. The molecule has 65 heavy (non-hydrogen) atoms. The van der Waals surface area contributed by atoms with Crippen LogP contribution in [0.25, 0.3) is 33.7 Å². The Bertz CT molecular complexity index is 3210. The fourth-order valence-electron chi connectivity index (χ4n) is 7.60. The number of rotatable bonds is 8. The van der Waals surface area contributed by atoms with E-state index in [1.54, 1.807) is 121 Å². The largest absolute Gasteiger partial charge is 0.506 e. The van der Waals surface area contributed by atoms with Crippen LogP contribution in [0.4, 0.5) is 22.7 Å². The second-order valence-electron chi connectivity index (χ2n) is 14.9. The number of phenols is 2. The van der Waals surface area contributed by atoms with Crippen molar-refractivity contribution in [1.82, 2.24) is 9.80 Å². The number of imide groups is 2. The average Bonchev–Trinajstić information content (AvgIpc) is 3.32. The van der Waals surface area contributed by atoms with Crippen molar-refractivity contribution in [3.8, 4) is 23.6 Å². The van der Waals surface area contributed by atoms with E-state index in [2.05, 4.69) is 20.5 Å². The van der Waals surface area contributed by atoms with Crippen molar-refractivity contribution in [2.24, 2.45) is 20.5 Å². The van der Waals surface area contributed by atoms with E-state index in [9.17, 15) is 39.9 Å². The number of allylic oxidation sites excluding steroid dienone is 6. The molecule has 0 fully saturated rings. The summed E-state index contributed by atoms with van der Waals surface area (Å²) in [5.74, 6) is -1.74. The maximum Gasteiger partial charge on any atom is 0.261 e. The van der Waals surface area contributed by atoms with Crippen LogP contribution in [0.1, 0.15) is 52.6 Å². The van der Waals surface area contributed by atoms with Gasteiger partial charge in [0.1, 0.15) is 52.1 Å². The van der Waals surface area contributed by atoms with Gasteiger partial charge >= 0.3 is 0 Å². The molecule has 0 saturated carbocycles. The highest BCUT2D eigenvalue weighted by atomic mass is 16.5. The van der Waals surface area contributed by atoms with Gasteiger partial charge in [0.2, 0.25) is 0 Å². The number of nitrogens with zero attached hydrogens (tertiary/aromatic N) is 8. The molecule has 0 saturated heterocycles. The summed E-state index contributed by atoms with van der Waals surface area (Å²) in [4.78, 5) is 53.2. The van der Waals surface area contributed by atoms with Crippen molar-refractivity contribution in [3.63, 3.8) is 0 Å². The first kappa shape index (κ1) is 40.8. The number of benzene rings is 6. The lowest BCUT2D eigenvalue weighted by molar-refractivity contribution is 0.0635. The number of amides is 4. The molecule has 0 atom stereocenters. The minimum Gasteiger partial charge on any atom is -0.506 e. The molecule has 3 heterocycles. The maximum absolute atomic E-state index is 12.8. The van der Waals surface area contributed by atoms with Crippen molar-refractivity contribution in [3.05, 3.63) is 177 Å². The van der Waals surface area contributed by atoms with E-state index in [1.807, 2.05) is 12.1 Å². The smallest absolute Gasteiger partial charge is 0.261 e. The Morgan fingerprint density at radius 3 is 1.35 bits per heavy atom. The summed E-state index contributed by atoms with van der Waals surface area (Å²) in [6.45, 7) is 0. The van der Waals surface area contributed by atoms with E-state index < -0.39 is 23.6 Å². The molecule has 4 amide bonds. The number of hydrogen-bond acceptors (Lipinski definition) is 13. The summed E-state index contributed by atoms with van der Waals surface area (Å²) in [6, 6.07) is 30.3. The van der Waals surface area contributed by atoms with Crippen LogP contribution >= 0.6 is 0 Å². The number of carbonyl (C=O) groups excluding carboxylic acids is 4. The number of hydrogen-bond donors (Lipinski definition) is 2. The molecule has 9 rings (SSSR count). The Balaban J connectivity index is 0.897. The molecule has 0 radical (unpaired) electrons. The average molecular weight is 855 g/mol. The van der Waals surface area contributed by atoms with Gasteiger partial charge < -0.3 is 14.9 Å². The molecule has 3 aliphatic heterocycles. The van der Waals surface area contributed by atoms with Crippen molar-refractivity contribution in [2.75, 3.05) is 14.1 Å². The SMILES string of the molecule is CN1C(=O)c2cccc3c(N=Nc4ccc(/C=C/C5=CC(=C(C#N)C#N)C=C(/C=C/c6ccc(N=Nc7c(O)cc8c9c(cccc79)C(=O)N(C)C8=O)cc6)O5)cc4)c(O)cc(c23)C1=O. The van der Waals surface area contributed by atoms with E-state index in [0.29, 0.717) is 61.1 Å². The Kier molecular flexibility index (Phi) is 10.3. The molecule has 15 heteroatoms. The van der Waals surface area contributed by atoms with E-state index in [0.717, 1.165) is 20.9 Å². The highest BCUT2D eigenvalue weighted by Crippen LogP contribution is 2.43. The molecule has 0 bridgehead atoms. The van der Waals surface area contributed by atoms with E-state index in [-0.39, 0.29) is 39.6 Å². The highest BCUT2D eigenvalue weighted by molar-refractivity contribution is 6.28. The molecule has 6 aromatic carbocycles. The summed E-state index contributed by atoms with van der Waals surface area (Å²) >= 11 is 0. The number of aromatic hydroxyl groups is 2. The number of ether oxygens (including phenoxy) is 1. The zero-order valence-corrected chi connectivity index (χ0v) is 34.2. The molecule has 0 aliphatic carbocycles. The third-order valence-corrected chi connectivity index (χ3v) is 10.9. The van der Waals surface area contributed by atoms with Gasteiger partial charge in [-0.15, -0.1) is 10.2 Å². The van der Waals surface area contributed by atoms with E-state index in [1.165, 1.54) is 26.2 Å². The molecule has 3 aliphatic rings. The second kappa shape index (κ2) is 16.4. The standard InChI is InChI=1S/C50H30N8O7/c1-57-47(61)37-7-3-5-35-43(37)39(49(57)63)23-41(59)45(35)55-53-31-15-9-27(10-16-31)13-19-33-21-29(30(25-51)26-52)22-34(65-33)20-14-28-11-17-32(18-12-28)54-56-46-36-6-4-8-38-44(36)40(24-42(46)60)50(64)58(2)48(38)62/h3-24,59-60H,1-2H3/b19-13+,20-14+,55-53?,56-54?. The molecule has 0 unspecified atom stereocenters. The van der Waals surface area contributed by atoms with Crippen LogP contribution in [-0.2, 0) is 4.74 Å². The Hall–Kier alpha value is -9.60. The van der Waals surface area contributed by atoms with E-state index >= 15 is 0 Å². The fourth-order valence-corrected chi connectivity index (χ4v) is 7.60. The summed E-state index contributed by atoms with van der Waals surface area (Å²) in [7, 11) is 2.78. The lowest BCUT2D eigenvalue weighted by Gasteiger charge is -2.24. The van der Waals surface area contributed by atoms with Gasteiger partial charge in [0.25, 0.3) is 23.6 Å². The van der Waals surface area contributed by atoms with Gasteiger partial charge in [0.15, 0.2) is 0 Å². The van der Waals surface area contributed by atoms with Gasteiger partial charge in [-0.2, -0.15) is 20.8 Å². The topological polar surface area (TPSA) is 221 Å². The van der Waals surface area contributed by atoms with Gasteiger partial charge in [-0.05, 0) is 84.0 Å². The summed E-state index contributed by atoms with van der Waals surface area (Å²) < 4.78 is 6.10. The third-order valence-electron chi connectivity index (χ3n) is 10.9. The van der Waals surface area contributed by atoms with Crippen LogP contribution in [0, 0.1) is 22.7 Å². The van der Waals surface area contributed by atoms with Crippen LogP contribution in [0.5, 0.6) is 11.5 Å². The van der Waals surface area contributed by atoms with Crippen molar-refractivity contribution >= 4 is 80.1 Å². The minimum atomic E-state index is -0.520. The van der Waals surface area contributed by atoms with Crippen LogP contribution in [-0.4, -0.2) is 57.7 Å². The first-order valence-electron chi connectivity index (χ1n) is 19.7. The van der Waals surface area contributed by atoms with Gasteiger partial charge in [0.05, 0.1) is 22.5 Å². The Morgan fingerprint density at radius 2 is 0.954 bits per heavy atom. The third kappa shape index (κ3) is 7.37. The predicted octanol–water partition coefficient (Wildman–Crippen LogP) is 10.6. The number of nitriles is 2. The van der Waals surface area contributed by atoms with Crippen LogP contribution in [0.2, 0.25) is 0 Å². The molecule has 2 N–H and O–H groups in total. The fraction of sp³-hybridized carbons (Fsp3) is 0.0400. The maximum atomic E-state index is 12.8. The van der Waals surface area contributed by atoms with Crippen molar-refractivity contribution in [1.29, 1.82) is 10.5 Å². The molecular weight excluding hydrogens is 825 g/mol. The van der Waals surface area contributed by atoms with Crippen molar-refractivity contribution < 1.29 is 34.1 Å². The zero-order chi connectivity index (χ0) is 45.5. The van der Waals surface area contributed by atoms with Crippen LogP contribution in [0.3, 0.4) is 0 Å². The van der Waals surface area contributed by atoms with Gasteiger partial charge in [-0.1, -0.05) is 60.7 Å². The van der Waals surface area contributed by atoms with Crippen molar-refractivity contribution in [2.45, 2.75) is 0 Å². The first-order chi connectivity index (χ1) is 31.4. The first-order valence-corrected chi connectivity index (χ1v) is 19.7. The van der Waals surface area contributed by atoms with Gasteiger partial charge in [0, 0.05) is 52.3 Å². The molecule has 0 spiro atoms. The number of carbonyl (C=O) groups is 4. The molecule has 312 valence electrons. The molecule has 6 aromatic rings. The Morgan fingerprint density at radius 1 is 0.554 bits per heavy atom. The minimum absolute atomic E-state index is 0.103. The van der Waals surface area contributed by atoms with Crippen LogP contribution in [0.15, 0.2) is 164 Å².